The summed E-state index contributed by atoms with van der Waals surface area (Å²) in [5.74, 6) is -0.522. The van der Waals surface area contributed by atoms with Gasteiger partial charge in [0, 0.05) is 25.6 Å². The predicted octanol–water partition coefficient (Wildman–Crippen LogP) is 2.03. The molecule has 3 nitrogen and oxygen atoms in total. The first-order chi connectivity index (χ1) is 9.08. The number of carbonyl (C=O) groups excluding carboxylic acids is 1. The normalized spacial score (nSPS) is 20.1. The Balaban J connectivity index is 1.84. The lowest BCUT2D eigenvalue weighted by molar-refractivity contribution is 0.0963. The number of likely N-dealkylation sites (tertiary alicyclic amines) is 1. The number of halogens is 1. The highest BCUT2D eigenvalue weighted by molar-refractivity contribution is 5.96. The van der Waals surface area contributed by atoms with Crippen molar-refractivity contribution in [2.75, 3.05) is 33.7 Å². The zero-order valence-electron chi connectivity index (χ0n) is 11.6. The quantitative estimate of drug-likeness (QED) is 0.760. The number of likely N-dealkylation sites (N-methyl/N-ethyl adjacent to an activating group) is 1. The Morgan fingerprint density at radius 1 is 1.42 bits per heavy atom. The average Bonchev–Trinajstić information content (AvgIpc) is 2.85. The Morgan fingerprint density at radius 3 is 2.79 bits per heavy atom. The Kier molecular flexibility index (Phi) is 4.66. The summed E-state index contributed by atoms with van der Waals surface area (Å²) < 4.78 is 13.5. The standard InChI is InChI=1S/C15H21FN2O/c1-17(2)12-7-9-18(11-12)10-8-15(19)13-5-3-4-6-14(13)16/h3-6,12H,7-11H2,1-2H3. The van der Waals surface area contributed by atoms with Crippen LogP contribution in [0, 0.1) is 5.82 Å². The molecule has 0 aromatic heterocycles. The summed E-state index contributed by atoms with van der Waals surface area (Å²) in [6, 6.07) is 6.78. The number of carbonyl (C=O) groups is 1. The maximum absolute atomic E-state index is 13.5. The van der Waals surface area contributed by atoms with Crippen LogP contribution in [0.3, 0.4) is 0 Å². The smallest absolute Gasteiger partial charge is 0.167 e. The van der Waals surface area contributed by atoms with E-state index in [9.17, 15) is 9.18 Å². The van der Waals surface area contributed by atoms with Crippen molar-refractivity contribution < 1.29 is 9.18 Å². The van der Waals surface area contributed by atoms with Crippen LogP contribution in [0.2, 0.25) is 0 Å². The van der Waals surface area contributed by atoms with Gasteiger partial charge in [-0.3, -0.25) is 4.79 Å². The SMILES string of the molecule is CN(C)C1CCN(CCC(=O)c2ccccc2F)C1. The number of Topliss-reactive ketones (excluding diaryl/α,β-unsaturated/α-hetero) is 1. The van der Waals surface area contributed by atoms with Crippen molar-refractivity contribution in [2.24, 2.45) is 0 Å². The molecule has 19 heavy (non-hydrogen) atoms. The van der Waals surface area contributed by atoms with Gasteiger partial charge in [-0.15, -0.1) is 0 Å². The summed E-state index contributed by atoms with van der Waals surface area (Å²) in [5.41, 5.74) is 0.214. The Morgan fingerprint density at radius 2 is 2.16 bits per heavy atom. The highest BCUT2D eigenvalue weighted by Crippen LogP contribution is 2.15. The fraction of sp³-hybridized carbons (Fsp3) is 0.533. The molecule has 4 heteroatoms. The number of ketones is 1. The van der Waals surface area contributed by atoms with E-state index in [1.165, 1.54) is 6.07 Å². The first kappa shape index (κ1) is 14.2. The van der Waals surface area contributed by atoms with E-state index in [0.717, 1.165) is 26.1 Å². The van der Waals surface area contributed by atoms with Crippen molar-refractivity contribution in [1.82, 2.24) is 9.80 Å². The Hall–Kier alpha value is -1.26. The van der Waals surface area contributed by atoms with Crippen LogP contribution in [0.5, 0.6) is 0 Å². The second kappa shape index (κ2) is 6.26. The predicted molar refractivity (Wildman–Crippen MR) is 73.9 cm³/mol. The number of rotatable bonds is 5. The molecule has 0 spiro atoms. The molecule has 0 amide bonds. The van der Waals surface area contributed by atoms with Crippen LogP contribution in [0.25, 0.3) is 0 Å². The molecule has 1 aliphatic heterocycles. The van der Waals surface area contributed by atoms with Gasteiger partial charge in [0.25, 0.3) is 0 Å². The molecular formula is C15H21FN2O. The van der Waals surface area contributed by atoms with E-state index in [-0.39, 0.29) is 11.3 Å². The molecule has 0 radical (unpaired) electrons. The molecule has 1 fully saturated rings. The van der Waals surface area contributed by atoms with Crippen LogP contribution in [-0.4, -0.2) is 55.4 Å². The van der Waals surface area contributed by atoms with Crippen molar-refractivity contribution >= 4 is 5.78 Å². The molecule has 2 rings (SSSR count). The van der Waals surface area contributed by atoms with Crippen LogP contribution in [0.1, 0.15) is 23.2 Å². The van der Waals surface area contributed by atoms with Crippen molar-refractivity contribution in [1.29, 1.82) is 0 Å². The molecule has 1 aliphatic rings. The average molecular weight is 264 g/mol. The summed E-state index contributed by atoms with van der Waals surface area (Å²) in [6.45, 7) is 2.74. The zero-order valence-corrected chi connectivity index (χ0v) is 11.6. The van der Waals surface area contributed by atoms with E-state index in [2.05, 4.69) is 23.9 Å². The fourth-order valence-corrected chi connectivity index (χ4v) is 2.52. The molecule has 0 aliphatic carbocycles. The first-order valence-corrected chi connectivity index (χ1v) is 6.74. The van der Waals surface area contributed by atoms with Crippen LogP contribution >= 0.6 is 0 Å². The van der Waals surface area contributed by atoms with Gasteiger partial charge in [0.05, 0.1) is 5.56 Å². The zero-order chi connectivity index (χ0) is 13.8. The third kappa shape index (κ3) is 3.61. The molecule has 1 aromatic carbocycles. The lowest BCUT2D eigenvalue weighted by Crippen LogP contribution is -2.32. The van der Waals surface area contributed by atoms with Crippen LogP contribution in [0.15, 0.2) is 24.3 Å². The van der Waals surface area contributed by atoms with E-state index in [1.54, 1.807) is 18.2 Å². The third-order valence-electron chi connectivity index (χ3n) is 3.81. The maximum atomic E-state index is 13.5. The second-order valence-electron chi connectivity index (χ2n) is 5.36. The van der Waals surface area contributed by atoms with Crippen molar-refractivity contribution in [3.63, 3.8) is 0 Å². The minimum Gasteiger partial charge on any atom is -0.305 e. The summed E-state index contributed by atoms with van der Waals surface area (Å²) in [7, 11) is 4.16. The fourth-order valence-electron chi connectivity index (χ4n) is 2.52. The van der Waals surface area contributed by atoms with Crippen LogP contribution < -0.4 is 0 Å². The number of nitrogens with zero attached hydrogens (tertiary/aromatic N) is 2. The summed E-state index contributed by atoms with van der Waals surface area (Å²) in [5, 5.41) is 0. The highest BCUT2D eigenvalue weighted by Gasteiger charge is 2.24. The summed E-state index contributed by atoms with van der Waals surface area (Å²) in [6.07, 6.45) is 1.53. The van der Waals surface area contributed by atoms with Gasteiger partial charge in [-0.1, -0.05) is 12.1 Å². The Labute approximate surface area is 114 Å². The van der Waals surface area contributed by atoms with E-state index >= 15 is 0 Å². The van der Waals surface area contributed by atoms with E-state index in [1.807, 2.05) is 0 Å². The van der Waals surface area contributed by atoms with Crippen molar-refractivity contribution in [3.05, 3.63) is 35.6 Å². The van der Waals surface area contributed by atoms with Gasteiger partial charge < -0.3 is 9.80 Å². The van der Waals surface area contributed by atoms with Gasteiger partial charge in [-0.2, -0.15) is 0 Å². The largest absolute Gasteiger partial charge is 0.305 e. The number of hydrogen-bond donors (Lipinski definition) is 0. The van der Waals surface area contributed by atoms with Crippen LogP contribution in [-0.2, 0) is 0 Å². The number of hydrogen-bond acceptors (Lipinski definition) is 3. The van der Waals surface area contributed by atoms with E-state index in [4.69, 9.17) is 0 Å². The van der Waals surface area contributed by atoms with Crippen LogP contribution in [0.4, 0.5) is 4.39 Å². The van der Waals surface area contributed by atoms with Crippen molar-refractivity contribution in [2.45, 2.75) is 18.9 Å². The summed E-state index contributed by atoms with van der Waals surface area (Å²) >= 11 is 0. The molecule has 1 saturated heterocycles. The lowest BCUT2D eigenvalue weighted by Gasteiger charge is -2.20. The molecule has 0 saturated carbocycles. The third-order valence-corrected chi connectivity index (χ3v) is 3.81. The minimum absolute atomic E-state index is 0.105. The molecule has 0 bridgehead atoms. The van der Waals surface area contributed by atoms with Crippen molar-refractivity contribution in [3.8, 4) is 0 Å². The second-order valence-corrected chi connectivity index (χ2v) is 5.36. The van der Waals surface area contributed by atoms with Gasteiger partial charge in [-0.25, -0.2) is 4.39 Å². The molecule has 1 atom stereocenters. The topological polar surface area (TPSA) is 23.6 Å². The molecule has 1 unspecified atom stereocenters. The molecule has 104 valence electrons. The van der Waals surface area contributed by atoms with Gasteiger partial charge in [0.1, 0.15) is 5.82 Å². The number of benzene rings is 1. The minimum atomic E-state index is -0.417. The lowest BCUT2D eigenvalue weighted by atomic mass is 10.1. The first-order valence-electron chi connectivity index (χ1n) is 6.74. The van der Waals surface area contributed by atoms with Gasteiger partial charge >= 0.3 is 0 Å². The highest BCUT2D eigenvalue weighted by atomic mass is 19.1. The van der Waals surface area contributed by atoms with Gasteiger partial charge in [-0.05, 0) is 39.2 Å². The molecule has 0 N–H and O–H groups in total. The molecule has 1 heterocycles. The molecule has 1 aromatic rings. The monoisotopic (exact) mass is 264 g/mol. The molecular weight excluding hydrogens is 243 g/mol. The summed E-state index contributed by atoms with van der Waals surface area (Å²) in [4.78, 5) is 16.5. The van der Waals surface area contributed by atoms with Gasteiger partial charge in [0.15, 0.2) is 5.78 Å². The van der Waals surface area contributed by atoms with E-state index < -0.39 is 5.82 Å². The van der Waals surface area contributed by atoms with E-state index in [0.29, 0.717) is 12.5 Å². The Bertz CT molecular complexity index is 448. The van der Waals surface area contributed by atoms with Gasteiger partial charge in [0.2, 0.25) is 0 Å². The maximum Gasteiger partial charge on any atom is 0.167 e.